The molecule has 7 aliphatic carbocycles. The fourth-order valence-corrected chi connectivity index (χ4v) is 12.1. The lowest BCUT2D eigenvalue weighted by Crippen LogP contribution is -2.58. The Hall–Kier alpha value is 0. The molecule has 0 heterocycles. The Bertz CT molecular complexity index is 622. The number of rotatable bonds is 0. The predicted molar refractivity (Wildman–Crippen MR) is 125 cm³/mol. The van der Waals surface area contributed by atoms with Crippen LogP contribution in [0, 0.1) is 71.0 Å². The zero-order valence-electron chi connectivity index (χ0n) is 19.7. The Labute approximate surface area is 186 Å². The van der Waals surface area contributed by atoms with Gasteiger partial charge in [-0.2, -0.15) is 0 Å². The van der Waals surface area contributed by atoms with Gasteiger partial charge in [0.05, 0.1) is 0 Å². The smallest absolute Gasteiger partial charge is 0.0318 e. The fourth-order valence-electron chi connectivity index (χ4n) is 12.1. The van der Waals surface area contributed by atoms with Gasteiger partial charge in [-0.15, -0.1) is 0 Å². The summed E-state index contributed by atoms with van der Waals surface area (Å²) in [5, 5.41) is 0. The minimum Gasteiger partial charge on any atom is -0.0530 e. The van der Waals surface area contributed by atoms with Crippen LogP contribution in [0.5, 0.6) is 0 Å². The summed E-state index contributed by atoms with van der Waals surface area (Å²) < 4.78 is 0. The van der Waals surface area contributed by atoms with E-state index in [9.17, 15) is 0 Å². The van der Waals surface area contributed by atoms with Crippen molar-refractivity contribution >= 4 is 0 Å². The van der Waals surface area contributed by atoms with E-state index >= 15 is 0 Å². The van der Waals surface area contributed by atoms with Crippen LogP contribution < -0.4 is 0 Å². The highest BCUT2D eigenvalue weighted by atomic mass is 14.6. The van der Waals surface area contributed by atoms with Gasteiger partial charge in [0, 0.05) is 0 Å². The maximum Gasteiger partial charge on any atom is -0.0318 e. The Balaban J connectivity index is 1.25. The minimum absolute atomic E-state index is 1.15. The van der Waals surface area contributed by atoms with Gasteiger partial charge in [0.1, 0.15) is 0 Å². The van der Waals surface area contributed by atoms with Crippen LogP contribution in [-0.4, -0.2) is 0 Å². The van der Waals surface area contributed by atoms with E-state index in [1.165, 1.54) is 29.6 Å². The zero-order chi connectivity index (χ0) is 19.7. The van der Waals surface area contributed by atoms with E-state index in [-0.39, 0.29) is 0 Å². The first kappa shape index (κ1) is 19.5. The summed E-state index contributed by atoms with van der Waals surface area (Å²) in [7, 11) is 0. The molecule has 7 aliphatic rings. The molecular formula is C30H48. The lowest BCUT2D eigenvalue weighted by atomic mass is 9.40. The predicted octanol–water partition coefficient (Wildman–Crippen LogP) is 8.50. The van der Waals surface area contributed by atoms with Gasteiger partial charge in [-0.05, 0) is 129 Å². The molecule has 0 N–H and O–H groups in total. The SMILES string of the molecule is C1CCC2CC3C(CCC4C5CCCCC5C5CCC6CCCCC6C5C34)CC2C1. The molecule has 0 heteroatoms. The summed E-state index contributed by atoms with van der Waals surface area (Å²) >= 11 is 0. The highest BCUT2D eigenvalue weighted by molar-refractivity contribution is 5.08. The molecule has 0 amide bonds. The Kier molecular flexibility index (Phi) is 5.06. The molecule has 12 unspecified atom stereocenters. The minimum atomic E-state index is 1.15. The summed E-state index contributed by atoms with van der Waals surface area (Å²) in [6, 6.07) is 0. The monoisotopic (exact) mass is 408 g/mol. The molecule has 0 saturated heterocycles. The molecule has 12 atom stereocenters. The van der Waals surface area contributed by atoms with Crippen LogP contribution in [0.15, 0.2) is 0 Å². The van der Waals surface area contributed by atoms with Crippen LogP contribution in [-0.2, 0) is 0 Å². The second kappa shape index (κ2) is 7.80. The van der Waals surface area contributed by atoms with Gasteiger partial charge < -0.3 is 0 Å². The maximum atomic E-state index is 1.69. The van der Waals surface area contributed by atoms with E-state index in [1.54, 1.807) is 116 Å². The van der Waals surface area contributed by atoms with Crippen molar-refractivity contribution in [2.75, 3.05) is 0 Å². The molecule has 0 aliphatic heterocycles. The second-order valence-corrected chi connectivity index (χ2v) is 13.7. The number of fused-ring (bicyclic) bond motifs is 11. The molecule has 0 radical (unpaired) electrons. The topological polar surface area (TPSA) is 0 Å². The molecule has 0 spiro atoms. The summed E-state index contributed by atoms with van der Waals surface area (Å²) in [5.41, 5.74) is 0. The van der Waals surface area contributed by atoms with E-state index in [2.05, 4.69) is 0 Å². The van der Waals surface area contributed by atoms with Gasteiger partial charge in [-0.25, -0.2) is 0 Å². The first-order chi connectivity index (χ1) is 14.9. The van der Waals surface area contributed by atoms with Crippen molar-refractivity contribution in [2.24, 2.45) is 71.0 Å². The van der Waals surface area contributed by atoms with Gasteiger partial charge >= 0.3 is 0 Å². The highest BCUT2D eigenvalue weighted by Gasteiger charge is 2.60. The van der Waals surface area contributed by atoms with Crippen LogP contribution in [0.1, 0.15) is 116 Å². The van der Waals surface area contributed by atoms with Crippen molar-refractivity contribution in [1.29, 1.82) is 0 Å². The van der Waals surface area contributed by atoms with Crippen molar-refractivity contribution in [3.63, 3.8) is 0 Å². The van der Waals surface area contributed by atoms with Gasteiger partial charge in [0.25, 0.3) is 0 Å². The molecular weight excluding hydrogens is 360 g/mol. The third kappa shape index (κ3) is 2.96. The number of hydrogen-bond acceptors (Lipinski definition) is 0. The normalized spacial score (nSPS) is 57.6. The van der Waals surface area contributed by atoms with Crippen LogP contribution in [0.25, 0.3) is 0 Å². The zero-order valence-corrected chi connectivity index (χ0v) is 19.7. The van der Waals surface area contributed by atoms with Crippen molar-refractivity contribution in [2.45, 2.75) is 116 Å². The quantitative estimate of drug-likeness (QED) is 0.377. The lowest BCUT2D eigenvalue weighted by Gasteiger charge is -2.65. The Morgan fingerprint density at radius 3 is 1.47 bits per heavy atom. The molecule has 7 rings (SSSR count). The average molecular weight is 409 g/mol. The molecule has 7 saturated carbocycles. The molecule has 0 nitrogen and oxygen atoms in total. The van der Waals surface area contributed by atoms with Gasteiger partial charge in [0.15, 0.2) is 0 Å². The van der Waals surface area contributed by atoms with Gasteiger partial charge in [-0.3, -0.25) is 0 Å². The van der Waals surface area contributed by atoms with Crippen LogP contribution >= 0.6 is 0 Å². The van der Waals surface area contributed by atoms with Gasteiger partial charge in [0.2, 0.25) is 0 Å². The third-order valence-electron chi connectivity index (χ3n) is 13.0. The van der Waals surface area contributed by atoms with Crippen LogP contribution in [0.2, 0.25) is 0 Å². The number of hydrogen-bond donors (Lipinski definition) is 0. The van der Waals surface area contributed by atoms with Crippen molar-refractivity contribution in [3.05, 3.63) is 0 Å². The van der Waals surface area contributed by atoms with E-state index < -0.39 is 0 Å². The first-order valence-corrected chi connectivity index (χ1v) is 14.9. The third-order valence-corrected chi connectivity index (χ3v) is 13.0. The van der Waals surface area contributed by atoms with Crippen LogP contribution in [0.3, 0.4) is 0 Å². The Morgan fingerprint density at radius 1 is 0.267 bits per heavy atom. The molecule has 168 valence electrons. The molecule has 7 fully saturated rings. The molecule has 0 aromatic heterocycles. The lowest BCUT2D eigenvalue weighted by molar-refractivity contribution is -0.164. The maximum absolute atomic E-state index is 1.69. The molecule has 0 bridgehead atoms. The summed E-state index contributed by atoms with van der Waals surface area (Å²) in [6.45, 7) is 0. The van der Waals surface area contributed by atoms with E-state index in [4.69, 9.17) is 0 Å². The largest absolute Gasteiger partial charge is 0.0530 e. The summed E-state index contributed by atoms with van der Waals surface area (Å²) in [6.07, 6.45) is 29.1. The molecule has 30 heavy (non-hydrogen) atoms. The second-order valence-electron chi connectivity index (χ2n) is 13.7. The molecule has 0 aromatic carbocycles. The first-order valence-electron chi connectivity index (χ1n) is 14.9. The van der Waals surface area contributed by atoms with Crippen molar-refractivity contribution in [1.82, 2.24) is 0 Å². The van der Waals surface area contributed by atoms with Crippen LogP contribution in [0.4, 0.5) is 0 Å². The van der Waals surface area contributed by atoms with Crippen molar-refractivity contribution in [3.8, 4) is 0 Å². The average Bonchev–Trinajstić information content (AvgIpc) is 2.82. The summed E-state index contributed by atoms with van der Waals surface area (Å²) in [4.78, 5) is 0. The summed E-state index contributed by atoms with van der Waals surface area (Å²) in [5.74, 6) is 13.9. The standard InChI is InChI=1S/C30H48/c1-2-9-21-18-28-22(17-20(21)8-1)14-16-27-25-12-6-5-11-24(25)26-15-13-19-7-3-4-10-23(19)29(26)30(27)28/h19-30H,1-18H2. The van der Waals surface area contributed by atoms with Crippen molar-refractivity contribution < 1.29 is 0 Å². The van der Waals surface area contributed by atoms with E-state index in [0.717, 1.165) is 41.4 Å². The molecule has 0 aromatic rings. The Morgan fingerprint density at radius 2 is 0.767 bits per heavy atom. The van der Waals surface area contributed by atoms with E-state index in [1.807, 2.05) is 0 Å². The fraction of sp³-hybridized carbons (Fsp3) is 1.00. The highest BCUT2D eigenvalue weighted by Crippen LogP contribution is 2.67. The van der Waals surface area contributed by atoms with Gasteiger partial charge in [-0.1, -0.05) is 57.8 Å². The van der Waals surface area contributed by atoms with E-state index in [0.29, 0.717) is 0 Å².